The first-order valence-electron chi connectivity index (χ1n) is 4.72. The monoisotopic (exact) mass is 272 g/mol. The van der Waals surface area contributed by atoms with Crippen molar-refractivity contribution in [2.75, 3.05) is 16.8 Å². The van der Waals surface area contributed by atoms with E-state index < -0.39 is 0 Å². The minimum Gasteiger partial charge on any atom is -0.379 e. The van der Waals surface area contributed by atoms with Crippen molar-refractivity contribution in [3.8, 4) is 0 Å². The summed E-state index contributed by atoms with van der Waals surface area (Å²) < 4.78 is 0.917. The highest BCUT2D eigenvalue weighted by molar-refractivity contribution is 9.10. The van der Waals surface area contributed by atoms with Gasteiger partial charge in [-0.3, -0.25) is 0 Å². The Bertz CT molecular complexity index is 324. The zero-order chi connectivity index (χ0) is 9.97. The first kappa shape index (κ1) is 10.3. The molecule has 1 aliphatic rings. The average Bonchev–Trinajstić information content (AvgIpc) is 2.64. The lowest BCUT2D eigenvalue weighted by Gasteiger charge is -2.14. The van der Waals surface area contributed by atoms with E-state index in [0.29, 0.717) is 6.04 Å². The summed E-state index contributed by atoms with van der Waals surface area (Å²) >= 11 is 5.47. The zero-order valence-corrected chi connectivity index (χ0v) is 10.5. The van der Waals surface area contributed by atoms with Gasteiger partial charge >= 0.3 is 0 Å². The van der Waals surface area contributed by atoms with E-state index in [1.54, 1.807) is 0 Å². The molecule has 1 atom stereocenters. The Kier molecular flexibility index (Phi) is 3.34. The molecule has 1 aliphatic heterocycles. The summed E-state index contributed by atoms with van der Waals surface area (Å²) in [6.07, 6.45) is 3.13. The predicted molar refractivity (Wildman–Crippen MR) is 66.0 cm³/mol. The maximum Gasteiger partial charge on any atom is 0.129 e. The molecule has 2 nitrogen and oxygen atoms in total. The van der Waals surface area contributed by atoms with Crippen molar-refractivity contribution in [1.29, 1.82) is 0 Å². The van der Waals surface area contributed by atoms with Crippen LogP contribution in [-0.2, 0) is 0 Å². The van der Waals surface area contributed by atoms with Crippen LogP contribution in [0, 0.1) is 6.92 Å². The summed E-state index contributed by atoms with van der Waals surface area (Å²) in [7, 11) is 0. The van der Waals surface area contributed by atoms with E-state index in [4.69, 9.17) is 0 Å². The molecule has 2 rings (SSSR count). The Morgan fingerprint density at radius 3 is 3.21 bits per heavy atom. The highest BCUT2D eigenvalue weighted by Crippen LogP contribution is 2.25. The van der Waals surface area contributed by atoms with Crippen molar-refractivity contribution in [3.63, 3.8) is 0 Å². The van der Waals surface area contributed by atoms with Crippen LogP contribution in [-0.4, -0.2) is 22.5 Å². The second-order valence-electron chi connectivity index (χ2n) is 3.56. The fourth-order valence-corrected chi connectivity index (χ4v) is 3.01. The summed E-state index contributed by atoms with van der Waals surface area (Å²) in [4.78, 5) is 4.27. The Hall–Kier alpha value is -0.220. The smallest absolute Gasteiger partial charge is 0.129 e. The third-order valence-electron chi connectivity index (χ3n) is 2.27. The number of hydrogen-bond donors (Lipinski definition) is 1. The summed E-state index contributed by atoms with van der Waals surface area (Å²) in [5.41, 5.74) is 2.32. The molecule has 0 aliphatic carbocycles. The number of nitrogens with zero attached hydrogens (tertiary/aromatic N) is 1. The Morgan fingerprint density at radius 2 is 2.50 bits per heavy atom. The first-order chi connectivity index (χ1) is 6.75. The van der Waals surface area contributed by atoms with E-state index >= 15 is 0 Å². The van der Waals surface area contributed by atoms with Crippen molar-refractivity contribution in [3.05, 3.63) is 22.4 Å². The molecule has 0 amide bonds. The lowest BCUT2D eigenvalue weighted by Crippen LogP contribution is -2.18. The maximum atomic E-state index is 4.27. The van der Waals surface area contributed by atoms with Crippen LogP contribution in [0.2, 0.25) is 0 Å². The summed E-state index contributed by atoms with van der Waals surface area (Å²) in [5.74, 6) is 2.48. The molecule has 2 heterocycles. The molecule has 4 heteroatoms. The van der Waals surface area contributed by atoms with Gasteiger partial charge in [-0.25, -0.2) is 4.98 Å². The Labute approximate surface area is 97.0 Å². The highest BCUT2D eigenvalue weighted by Gasteiger charge is 2.16. The molecular weight excluding hydrogens is 260 g/mol. The third-order valence-corrected chi connectivity index (χ3v) is 4.06. The van der Waals surface area contributed by atoms with Gasteiger partial charge in [-0.1, -0.05) is 0 Å². The standard InChI is InChI=1S/C10H13BrN2S/c1-7-4-9(10(11)12-5-7)13-8-2-3-14-6-8/h4-5,8,13H,2-3,6H2,1H3. The van der Waals surface area contributed by atoms with E-state index in [-0.39, 0.29) is 0 Å². The van der Waals surface area contributed by atoms with Gasteiger partial charge in [0.25, 0.3) is 0 Å². The normalized spacial score (nSPS) is 21.1. The van der Waals surface area contributed by atoms with Crippen LogP contribution in [0.1, 0.15) is 12.0 Å². The Morgan fingerprint density at radius 1 is 1.64 bits per heavy atom. The van der Waals surface area contributed by atoms with Crippen molar-refractivity contribution < 1.29 is 0 Å². The lowest BCUT2D eigenvalue weighted by atomic mass is 10.2. The van der Waals surface area contributed by atoms with E-state index in [0.717, 1.165) is 10.3 Å². The number of aromatic nitrogens is 1. The van der Waals surface area contributed by atoms with Gasteiger partial charge < -0.3 is 5.32 Å². The molecule has 1 N–H and O–H groups in total. The summed E-state index contributed by atoms with van der Waals surface area (Å²) in [5, 5.41) is 3.52. The van der Waals surface area contributed by atoms with Crippen molar-refractivity contribution in [1.82, 2.24) is 4.98 Å². The molecule has 1 saturated heterocycles. The Balaban J connectivity index is 2.10. The molecule has 76 valence electrons. The van der Waals surface area contributed by atoms with Crippen LogP contribution in [0.5, 0.6) is 0 Å². The van der Waals surface area contributed by atoms with Crippen LogP contribution >= 0.6 is 27.7 Å². The van der Waals surface area contributed by atoms with E-state index in [2.05, 4.69) is 39.2 Å². The highest BCUT2D eigenvalue weighted by atomic mass is 79.9. The molecule has 0 bridgehead atoms. The van der Waals surface area contributed by atoms with Crippen molar-refractivity contribution in [2.45, 2.75) is 19.4 Å². The molecular formula is C10H13BrN2S. The molecule has 0 radical (unpaired) electrons. The predicted octanol–water partition coefficient (Wildman–Crippen LogP) is 3.07. The van der Waals surface area contributed by atoms with Gasteiger partial charge in [0.2, 0.25) is 0 Å². The average molecular weight is 273 g/mol. The van der Waals surface area contributed by atoms with Crippen molar-refractivity contribution in [2.24, 2.45) is 0 Å². The van der Waals surface area contributed by atoms with Gasteiger partial charge in [0, 0.05) is 18.0 Å². The van der Waals surface area contributed by atoms with Crippen LogP contribution in [0.4, 0.5) is 5.69 Å². The van der Waals surface area contributed by atoms with Crippen LogP contribution in [0.25, 0.3) is 0 Å². The second-order valence-corrected chi connectivity index (χ2v) is 5.46. The molecule has 0 saturated carbocycles. The molecule has 14 heavy (non-hydrogen) atoms. The van der Waals surface area contributed by atoms with Crippen LogP contribution < -0.4 is 5.32 Å². The molecule has 0 aromatic carbocycles. The fourth-order valence-electron chi connectivity index (χ4n) is 1.52. The largest absolute Gasteiger partial charge is 0.379 e. The topological polar surface area (TPSA) is 24.9 Å². The lowest BCUT2D eigenvalue weighted by molar-refractivity contribution is 0.810. The summed E-state index contributed by atoms with van der Waals surface area (Å²) in [6.45, 7) is 2.06. The number of hydrogen-bond acceptors (Lipinski definition) is 3. The number of nitrogens with one attached hydrogen (secondary N) is 1. The zero-order valence-electron chi connectivity index (χ0n) is 8.09. The number of aryl methyl sites for hydroxylation is 1. The fraction of sp³-hybridized carbons (Fsp3) is 0.500. The van der Waals surface area contributed by atoms with Gasteiger partial charge in [-0.05, 0) is 46.7 Å². The van der Waals surface area contributed by atoms with Gasteiger partial charge in [0.05, 0.1) is 5.69 Å². The van der Waals surface area contributed by atoms with Gasteiger partial charge in [0.15, 0.2) is 0 Å². The van der Waals surface area contributed by atoms with Crippen LogP contribution in [0.3, 0.4) is 0 Å². The second kappa shape index (κ2) is 4.53. The van der Waals surface area contributed by atoms with Crippen molar-refractivity contribution >= 4 is 33.4 Å². The van der Waals surface area contributed by atoms with Crippen LogP contribution in [0.15, 0.2) is 16.9 Å². The van der Waals surface area contributed by atoms with Gasteiger partial charge in [-0.15, -0.1) is 0 Å². The molecule has 1 fully saturated rings. The number of rotatable bonds is 2. The van der Waals surface area contributed by atoms with E-state index in [1.807, 2.05) is 18.0 Å². The quantitative estimate of drug-likeness (QED) is 0.838. The molecule has 1 aromatic heterocycles. The number of pyridine rings is 1. The number of halogens is 1. The van der Waals surface area contributed by atoms with E-state index in [9.17, 15) is 0 Å². The minimum absolute atomic E-state index is 0.611. The molecule has 0 spiro atoms. The molecule has 1 unspecified atom stereocenters. The first-order valence-corrected chi connectivity index (χ1v) is 6.67. The molecule has 1 aromatic rings. The maximum absolute atomic E-state index is 4.27. The number of thioether (sulfide) groups is 1. The summed E-state index contributed by atoms with van der Waals surface area (Å²) in [6, 6.07) is 2.75. The minimum atomic E-state index is 0.611. The SMILES string of the molecule is Cc1cnc(Br)c(NC2CCSC2)c1. The van der Waals surface area contributed by atoms with Gasteiger partial charge in [-0.2, -0.15) is 11.8 Å². The van der Waals surface area contributed by atoms with Gasteiger partial charge in [0.1, 0.15) is 4.60 Å². The van der Waals surface area contributed by atoms with E-state index in [1.165, 1.54) is 23.5 Å². The third kappa shape index (κ3) is 2.42. The number of anilines is 1.